The number of carboxylic acids is 1. The highest BCUT2D eigenvalue weighted by atomic mass is 79.9. The maximum Gasteiger partial charge on any atom is 0.433 e. The molecule has 2 amide bonds. The lowest BCUT2D eigenvalue weighted by Crippen LogP contribution is -2.47. The smallest absolute Gasteiger partial charge is 0.433 e. The van der Waals surface area contributed by atoms with Crippen molar-refractivity contribution in [3.8, 4) is 0 Å². The van der Waals surface area contributed by atoms with E-state index in [4.69, 9.17) is 11.6 Å². The zero-order chi connectivity index (χ0) is 31.1. The van der Waals surface area contributed by atoms with Gasteiger partial charge in [0.15, 0.2) is 0 Å². The number of aromatic nitrogens is 2. The number of amides is 2. The van der Waals surface area contributed by atoms with Crippen LogP contribution in [0.5, 0.6) is 0 Å². The van der Waals surface area contributed by atoms with Crippen LogP contribution < -0.4 is 15.5 Å². The molecule has 1 saturated heterocycles. The molecule has 2 aromatic carbocycles. The first-order chi connectivity index (χ1) is 20.4. The van der Waals surface area contributed by atoms with Gasteiger partial charge >= 0.3 is 12.1 Å². The van der Waals surface area contributed by atoms with Gasteiger partial charge in [-0.25, -0.2) is 14.8 Å². The molecule has 0 bridgehead atoms. The average molecular weight is 681 g/mol. The minimum absolute atomic E-state index is 0.0200. The zero-order valence-electron chi connectivity index (χ0n) is 22.4. The molecular weight excluding hydrogens is 655 g/mol. The van der Waals surface area contributed by atoms with Gasteiger partial charge in [-0.1, -0.05) is 51.8 Å². The van der Waals surface area contributed by atoms with Crippen LogP contribution in [0.15, 0.2) is 71.0 Å². The SMILES string of the molecule is O=C(NC(Cc1ccc(Cl)cc1)C(=O)O)C(=Cc1ccc(Br)cc1)NC(=O)C1CCN(c2nccc(C(F)(F)F)n2)CC1. The third-order valence-corrected chi connectivity index (χ3v) is 7.50. The Morgan fingerprint density at radius 2 is 1.72 bits per heavy atom. The molecule has 0 saturated carbocycles. The van der Waals surface area contributed by atoms with Crippen LogP contribution in [0.4, 0.5) is 19.1 Å². The summed E-state index contributed by atoms with van der Waals surface area (Å²) in [7, 11) is 0. The molecule has 14 heteroatoms. The number of benzene rings is 2. The monoisotopic (exact) mass is 679 g/mol. The van der Waals surface area contributed by atoms with Crippen LogP contribution in [0.3, 0.4) is 0 Å². The zero-order valence-corrected chi connectivity index (χ0v) is 24.8. The van der Waals surface area contributed by atoms with E-state index in [1.165, 1.54) is 6.08 Å². The normalized spacial score (nSPS) is 15.1. The Morgan fingerprint density at radius 1 is 1.07 bits per heavy atom. The lowest BCUT2D eigenvalue weighted by Gasteiger charge is -2.31. The summed E-state index contributed by atoms with van der Waals surface area (Å²) >= 11 is 9.25. The molecular formula is C29H26BrClF3N5O4. The number of hydrogen-bond acceptors (Lipinski definition) is 6. The van der Waals surface area contributed by atoms with E-state index in [0.717, 1.165) is 16.7 Å². The highest BCUT2D eigenvalue weighted by Crippen LogP contribution is 2.29. The topological polar surface area (TPSA) is 125 Å². The van der Waals surface area contributed by atoms with Crippen molar-refractivity contribution >= 4 is 57.3 Å². The van der Waals surface area contributed by atoms with Gasteiger partial charge in [0.1, 0.15) is 17.4 Å². The van der Waals surface area contributed by atoms with Gasteiger partial charge in [-0.15, -0.1) is 0 Å². The molecule has 0 aliphatic carbocycles. The van der Waals surface area contributed by atoms with E-state index in [-0.39, 0.29) is 44.0 Å². The molecule has 4 rings (SSSR count). The standard InChI is InChI=1S/C29H26BrClF3N5O4/c30-20-5-1-17(2-6-20)15-22(26(41)37-23(27(42)43)16-18-3-7-21(31)8-4-18)36-25(40)19-10-13-39(14-11-19)28-35-12-9-24(38-28)29(32,33)34/h1-9,12,15,19,23H,10-11,13-14,16H2,(H,36,40)(H,37,41)(H,42,43). The second-order valence-corrected chi connectivity index (χ2v) is 11.1. The minimum atomic E-state index is -4.61. The first-order valence-electron chi connectivity index (χ1n) is 13.1. The summed E-state index contributed by atoms with van der Waals surface area (Å²) in [6, 6.07) is 12.9. The summed E-state index contributed by atoms with van der Waals surface area (Å²) in [6.45, 7) is 0.444. The maximum absolute atomic E-state index is 13.3. The molecule has 226 valence electrons. The number of nitrogens with zero attached hydrogens (tertiary/aromatic N) is 3. The third kappa shape index (κ3) is 9.01. The number of rotatable bonds is 9. The Kier molecular flexibility index (Phi) is 10.4. The van der Waals surface area contributed by atoms with Crippen LogP contribution in [0.25, 0.3) is 6.08 Å². The van der Waals surface area contributed by atoms with Gasteiger partial charge in [0.2, 0.25) is 11.9 Å². The fourth-order valence-corrected chi connectivity index (χ4v) is 4.80. The Morgan fingerprint density at radius 3 is 2.33 bits per heavy atom. The van der Waals surface area contributed by atoms with Gasteiger partial charge in [0.25, 0.3) is 5.91 Å². The lowest BCUT2D eigenvalue weighted by atomic mass is 9.96. The number of anilines is 1. The van der Waals surface area contributed by atoms with Gasteiger partial charge in [0, 0.05) is 41.1 Å². The summed E-state index contributed by atoms with van der Waals surface area (Å²) in [5.74, 6) is -3.18. The van der Waals surface area contributed by atoms with Gasteiger partial charge in [0.05, 0.1) is 0 Å². The summed E-state index contributed by atoms with van der Waals surface area (Å²) < 4.78 is 40.0. The number of alkyl halides is 3. The van der Waals surface area contributed by atoms with Gasteiger partial charge in [-0.3, -0.25) is 9.59 Å². The van der Waals surface area contributed by atoms with Crippen molar-refractivity contribution in [1.29, 1.82) is 0 Å². The average Bonchev–Trinajstić information content (AvgIpc) is 2.98. The second-order valence-electron chi connectivity index (χ2n) is 9.79. The van der Waals surface area contributed by atoms with Crippen molar-refractivity contribution in [2.45, 2.75) is 31.5 Å². The number of halogens is 5. The predicted molar refractivity (Wildman–Crippen MR) is 157 cm³/mol. The first-order valence-corrected chi connectivity index (χ1v) is 14.3. The Balaban J connectivity index is 1.47. The number of nitrogens with one attached hydrogen (secondary N) is 2. The first kappa shape index (κ1) is 32.0. The van der Waals surface area contributed by atoms with E-state index in [1.54, 1.807) is 53.4 Å². The Bertz CT molecular complexity index is 1500. The number of carboxylic acid groups (broad SMARTS) is 1. The largest absolute Gasteiger partial charge is 0.480 e. The van der Waals surface area contributed by atoms with E-state index in [0.29, 0.717) is 16.1 Å². The number of carbonyl (C=O) groups is 3. The van der Waals surface area contributed by atoms with E-state index in [2.05, 4.69) is 36.5 Å². The van der Waals surface area contributed by atoms with Crippen molar-refractivity contribution in [2.24, 2.45) is 5.92 Å². The number of carbonyl (C=O) groups excluding carboxylic acids is 2. The van der Waals surface area contributed by atoms with Crippen molar-refractivity contribution in [1.82, 2.24) is 20.6 Å². The molecule has 1 unspecified atom stereocenters. The summed E-state index contributed by atoms with van der Waals surface area (Å²) in [5, 5.41) is 15.4. The number of piperidine rings is 1. The van der Waals surface area contributed by atoms with E-state index >= 15 is 0 Å². The van der Waals surface area contributed by atoms with E-state index in [9.17, 15) is 32.7 Å². The molecule has 1 aliphatic rings. The predicted octanol–water partition coefficient (Wildman–Crippen LogP) is 5.10. The van der Waals surface area contributed by atoms with Crippen molar-refractivity contribution in [3.63, 3.8) is 0 Å². The van der Waals surface area contributed by atoms with Gasteiger partial charge in [-0.2, -0.15) is 13.2 Å². The third-order valence-electron chi connectivity index (χ3n) is 6.72. The Hall–Kier alpha value is -3.97. The summed E-state index contributed by atoms with van der Waals surface area (Å²) in [4.78, 5) is 47.7. The molecule has 1 atom stereocenters. The summed E-state index contributed by atoms with van der Waals surface area (Å²) in [6.07, 6.45) is -1.61. The molecule has 9 nitrogen and oxygen atoms in total. The van der Waals surface area contributed by atoms with Crippen molar-refractivity contribution in [2.75, 3.05) is 18.0 Å². The van der Waals surface area contributed by atoms with Gasteiger partial charge in [-0.05, 0) is 60.4 Å². The fraction of sp³-hybridized carbons (Fsp3) is 0.276. The quantitative estimate of drug-likeness (QED) is 0.269. The lowest BCUT2D eigenvalue weighted by molar-refractivity contribution is -0.141. The maximum atomic E-state index is 13.3. The molecule has 43 heavy (non-hydrogen) atoms. The molecule has 1 fully saturated rings. The molecule has 0 spiro atoms. The van der Waals surface area contributed by atoms with Crippen LogP contribution in [0.2, 0.25) is 5.02 Å². The van der Waals surface area contributed by atoms with Crippen LogP contribution in [0, 0.1) is 5.92 Å². The minimum Gasteiger partial charge on any atom is -0.480 e. The number of hydrogen-bond donors (Lipinski definition) is 3. The van der Waals surface area contributed by atoms with Crippen LogP contribution in [-0.4, -0.2) is 52.0 Å². The number of aliphatic carboxylic acids is 1. The molecule has 3 aromatic rings. The Labute approximate surface area is 258 Å². The van der Waals surface area contributed by atoms with Crippen LogP contribution in [-0.2, 0) is 27.0 Å². The van der Waals surface area contributed by atoms with Gasteiger partial charge < -0.3 is 20.6 Å². The fourth-order valence-electron chi connectivity index (χ4n) is 4.41. The van der Waals surface area contributed by atoms with E-state index in [1.807, 2.05) is 0 Å². The molecule has 2 heterocycles. The summed E-state index contributed by atoms with van der Waals surface area (Å²) in [5.41, 5.74) is 0.00553. The molecule has 1 aliphatic heterocycles. The molecule has 3 N–H and O–H groups in total. The van der Waals surface area contributed by atoms with Crippen molar-refractivity contribution < 1.29 is 32.7 Å². The van der Waals surface area contributed by atoms with Crippen LogP contribution >= 0.6 is 27.5 Å². The van der Waals surface area contributed by atoms with Crippen molar-refractivity contribution in [3.05, 3.63) is 92.8 Å². The van der Waals surface area contributed by atoms with Crippen LogP contribution in [0.1, 0.15) is 29.7 Å². The highest BCUT2D eigenvalue weighted by Gasteiger charge is 2.34. The highest BCUT2D eigenvalue weighted by molar-refractivity contribution is 9.10. The molecule has 1 aromatic heterocycles. The second kappa shape index (κ2) is 14.0. The molecule has 0 radical (unpaired) electrons. The van der Waals surface area contributed by atoms with E-state index < -0.39 is 41.6 Å².